The summed E-state index contributed by atoms with van der Waals surface area (Å²) < 4.78 is 35.8. The summed E-state index contributed by atoms with van der Waals surface area (Å²) in [7, 11) is -4.20. The molecule has 0 aromatic heterocycles. The summed E-state index contributed by atoms with van der Waals surface area (Å²) in [5.74, 6) is -0.553. The van der Waals surface area contributed by atoms with E-state index in [2.05, 4.69) is 21.2 Å². The third-order valence-electron chi connectivity index (χ3n) is 6.23. The van der Waals surface area contributed by atoms with Crippen LogP contribution in [0.5, 0.6) is 5.75 Å². The summed E-state index contributed by atoms with van der Waals surface area (Å²) in [4.78, 5) is 28.8. The zero-order valence-corrected chi connectivity index (χ0v) is 26.8. The van der Waals surface area contributed by atoms with Gasteiger partial charge in [-0.15, -0.1) is 0 Å². The second-order valence-electron chi connectivity index (χ2n) is 10.8. The fourth-order valence-electron chi connectivity index (χ4n) is 4.18. The summed E-state index contributed by atoms with van der Waals surface area (Å²) in [5, 5.41) is 2.93. The summed E-state index contributed by atoms with van der Waals surface area (Å²) in [6.07, 6.45) is 0. The van der Waals surface area contributed by atoms with Crippen molar-refractivity contribution in [1.82, 2.24) is 10.2 Å². The average Bonchev–Trinajstić information content (AvgIpc) is 2.90. The molecule has 0 bridgehead atoms. The summed E-state index contributed by atoms with van der Waals surface area (Å²) in [6.45, 7) is 10.8. The van der Waals surface area contributed by atoms with Crippen LogP contribution in [0.15, 0.2) is 82.2 Å². The van der Waals surface area contributed by atoms with E-state index in [9.17, 15) is 18.0 Å². The molecule has 3 aromatic rings. The zero-order valence-electron chi connectivity index (χ0n) is 24.3. The van der Waals surface area contributed by atoms with Gasteiger partial charge in [-0.3, -0.25) is 13.9 Å². The number of ether oxygens (including phenoxy) is 1. The Balaban J connectivity index is 2.09. The molecule has 0 aliphatic heterocycles. The second kappa shape index (κ2) is 13.5. The molecule has 41 heavy (non-hydrogen) atoms. The van der Waals surface area contributed by atoms with Crippen LogP contribution >= 0.6 is 15.9 Å². The molecule has 0 fully saturated rings. The number of hydrogen-bond donors (Lipinski definition) is 1. The highest BCUT2D eigenvalue weighted by Crippen LogP contribution is 2.33. The number of sulfonamides is 1. The Morgan fingerprint density at radius 2 is 1.66 bits per heavy atom. The Bertz CT molecular complexity index is 1470. The quantitative estimate of drug-likeness (QED) is 0.290. The van der Waals surface area contributed by atoms with Crippen molar-refractivity contribution < 1.29 is 22.7 Å². The highest BCUT2D eigenvalue weighted by atomic mass is 79.9. The van der Waals surface area contributed by atoms with E-state index in [0.29, 0.717) is 12.4 Å². The van der Waals surface area contributed by atoms with Gasteiger partial charge in [-0.25, -0.2) is 8.42 Å². The van der Waals surface area contributed by atoms with Crippen molar-refractivity contribution in [3.63, 3.8) is 0 Å². The largest absolute Gasteiger partial charge is 0.492 e. The SMILES string of the molecule is CCOc1ccccc1N(CC(=O)N(Cc1cccc(Br)c1)[C@@H](C)C(=O)NC(C)(C)C)S(=O)(=O)c1ccc(C)cc1. The summed E-state index contributed by atoms with van der Waals surface area (Å²) in [6, 6.07) is 19.7. The van der Waals surface area contributed by atoms with Crippen LogP contribution in [0.3, 0.4) is 0 Å². The molecule has 0 saturated carbocycles. The number of aryl methyl sites for hydroxylation is 1. The van der Waals surface area contributed by atoms with Crippen LogP contribution in [0.2, 0.25) is 0 Å². The summed E-state index contributed by atoms with van der Waals surface area (Å²) >= 11 is 3.46. The lowest BCUT2D eigenvalue weighted by molar-refractivity contribution is -0.140. The minimum Gasteiger partial charge on any atom is -0.492 e. The van der Waals surface area contributed by atoms with E-state index < -0.39 is 34.1 Å². The van der Waals surface area contributed by atoms with Crippen molar-refractivity contribution >= 4 is 43.5 Å². The van der Waals surface area contributed by atoms with E-state index in [-0.39, 0.29) is 23.0 Å². The number of halogens is 1. The van der Waals surface area contributed by atoms with Gasteiger partial charge in [-0.05, 0) is 83.5 Å². The molecular formula is C31H38BrN3O5S. The number of nitrogens with zero attached hydrogens (tertiary/aromatic N) is 2. The fraction of sp³-hybridized carbons (Fsp3) is 0.355. The van der Waals surface area contributed by atoms with Crippen molar-refractivity contribution in [3.8, 4) is 5.75 Å². The monoisotopic (exact) mass is 643 g/mol. The zero-order chi connectivity index (χ0) is 30.4. The third kappa shape index (κ3) is 8.56. The van der Waals surface area contributed by atoms with E-state index in [1.165, 1.54) is 17.0 Å². The molecule has 0 unspecified atom stereocenters. The number of anilines is 1. The van der Waals surface area contributed by atoms with Gasteiger partial charge in [-0.2, -0.15) is 0 Å². The van der Waals surface area contributed by atoms with Crippen LogP contribution in [0.4, 0.5) is 5.69 Å². The molecule has 1 N–H and O–H groups in total. The van der Waals surface area contributed by atoms with E-state index in [4.69, 9.17) is 4.74 Å². The topological polar surface area (TPSA) is 96.0 Å². The molecule has 0 aliphatic rings. The predicted molar refractivity (Wildman–Crippen MR) is 165 cm³/mol. The van der Waals surface area contributed by atoms with E-state index in [1.54, 1.807) is 50.2 Å². The van der Waals surface area contributed by atoms with Crippen LogP contribution < -0.4 is 14.4 Å². The third-order valence-corrected chi connectivity index (χ3v) is 8.50. The van der Waals surface area contributed by atoms with E-state index in [1.807, 2.05) is 52.0 Å². The maximum absolute atomic E-state index is 14.1. The van der Waals surface area contributed by atoms with Gasteiger partial charge in [0, 0.05) is 16.6 Å². The molecule has 8 nitrogen and oxygen atoms in total. The van der Waals surface area contributed by atoms with Crippen LogP contribution in [0.1, 0.15) is 45.7 Å². The molecule has 0 saturated heterocycles. The van der Waals surface area contributed by atoms with Gasteiger partial charge in [0.05, 0.1) is 17.2 Å². The maximum Gasteiger partial charge on any atom is 0.264 e. The molecule has 10 heteroatoms. The van der Waals surface area contributed by atoms with Crippen molar-refractivity contribution in [2.24, 2.45) is 0 Å². The number of benzene rings is 3. The first kappa shape index (κ1) is 32.1. The molecule has 0 spiro atoms. The number of amides is 2. The van der Waals surface area contributed by atoms with E-state index in [0.717, 1.165) is 19.9 Å². The maximum atomic E-state index is 14.1. The summed E-state index contributed by atoms with van der Waals surface area (Å²) in [5.41, 5.74) is 1.40. The Labute approximate surface area is 251 Å². The molecule has 3 rings (SSSR count). The number of carbonyl (C=O) groups is 2. The number of rotatable bonds is 11. The number of para-hydroxylation sites is 2. The lowest BCUT2D eigenvalue weighted by atomic mass is 10.1. The van der Waals surface area contributed by atoms with Crippen LogP contribution in [0.25, 0.3) is 0 Å². The van der Waals surface area contributed by atoms with E-state index >= 15 is 0 Å². The van der Waals surface area contributed by atoms with Gasteiger partial charge in [0.2, 0.25) is 11.8 Å². The lowest BCUT2D eigenvalue weighted by Crippen LogP contribution is -2.54. The van der Waals surface area contributed by atoms with Crippen molar-refractivity contribution in [2.45, 2.75) is 64.6 Å². The number of carbonyl (C=O) groups excluding carboxylic acids is 2. The minimum atomic E-state index is -4.20. The predicted octanol–water partition coefficient (Wildman–Crippen LogP) is 5.68. The van der Waals surface area contributed by atoms with Crippen LogP contribution in [-0.4, -0.2) is 49.9 Å². The minimum absolute atomic E-state index is 0.0410. The Morgan fingerprint density at radius 1 is 1.00 bits per heavy atom. The van der Waals surface area contributed by atoms with Gasteiger partial charge < -0.3 is 15.0 Å². The molecule has 0 aliphatic carbocycles. The first-order chi connectivity index (χ1) is 19.2. The number of nitrogens with one attached hydrogen (secondary N) is 1. The Morgan fingerprint density at radius 3 is 2.27 bits per heavy atom. The lowest BCUT2D eigenvalue weighted by Gasteiger charge is -2.33. The van der Waals surface area contributed by atoms with Gasteiger partial charge in [0.25, 0.3) is 10.0 Å². The standard InChI is InChI=1S/C31H38BrN3O5S/c1-7-40-28-14-9-8-13-27(28)35(41(38,39)26-17-15-22(2)16-18-26)21-29(36)34(20-24-11-10-12-25(32)19-24)23(3)30(37)33-31(4,5)6/h8-19,23H,7,20-21H2,1-6H3,(H,33,37)/t23-/m0/s1. The average molecular weight is 645 g/mol. The van der Waals surface area contributed by atoms with Crippen molar-refractivity contribution in [1.29, 1.82) is 0 Å². The van der Waals surface area contributed by atoms with Crippen molar-refractivity contribution in [2.75, 3.05) is 17.5 Å². The van der Waals surface area contributed by atoms with Crippen LogP contribution in [0, 0.1) is 6.92 Å². The highest BCUT2D eigenvalue weighted by Gasteiger charge is 2.34. The highest BCUT2D eigenvalue weighted by molar-refractivity contribution is 9.10. The van der Waals surface area contributed by atoms with Gasteiger partial charge in [0.15, 0.2) is 0 Å². The van der Waals surface area contributed by atoms with Gasteiger partial charge >= 0.3 is 0 Å². The molecule has 220 valence electrons. The van der Waals surface area contributed by atoms with Crippen molar-refractivity contribution in [3.05, 3.63) is 88.4 Å². The van der Waals surface area contributed by atoms with Gasteiger partial charge in [0.1, 0.15) is 18.3 Å². The Kier molecular flexibility index (Phi) is 10.6. The normalized spacial score (nSPS) is 12.4. The van der Waals surface area contributed by atoms with Gasteiger partial charge in [-0.1, -0.05) is 57.9 Å². The smallest absolute Gasteiger partial charge is 0.264 e. The number of hydrogen-bond acceptors (Lipinski definition) is 5. The first-order valence-corrected chi connectivity index (χ1v) is 15.6. The molecule has 2 amide bonds. The molecular weight excluding hydrogens is 606 g/mol. The molecule has 0 radical (unpaired) electrons. The molecule has 3 aromatic carbocycles. The molecule has 1 atom stereocenters. The Hall–Kier alpha value is -3.37. The van der Waals surface area contributed by atoms with Crippen LogP contribution in [-0.2, 0) is 26.2 Å². The molecule has 0 heterocycles. The first-order valence-electron chi connectivity index (χ1n) is 13.4. The fourth-order valence-corrected chi connectivity index (χ4v) is 6.05. The second-order valence-corrected chi connectivity index (χ2v) is 13.6.